The van der Waals surface area contributed by atoms with Gasteiger partial charge in [0.15, 0.2) is 0 Å². The molecule has 0 atom stereocenters. The van der Waals surface area contributed by atoms with Crippen LogP contribution in [0.5, 0.6) is 0 Å². The highest BCUT2D eigenvalue weighted by Crippen LogP contribution is 2.25. The van der Waals surface area contributed by atoms with E-state index in [1.165, 1.54) is 0 Å². The Balaban J connectivity index is 1.43. The third-order valence-corrected chi connectivity index (χ3v) is 5.54. The lowest BCUT2D eigenvalue weighted by molar-refractivity contribution is -0.136. The maximum atomic E-state index is 12.1. The van der Waals surface area contributed by atoms with Gasteiger partial charge in [0.1, 0.15) is 0 Å². The number of aliphatic hydroxyl groups is 1. The number of carboxylic acid groups (broad SMARTS) is 1. The minimum Gasteiger partial charge on any atom is -0.481 e. The van der Waals surface area contributed by atoms with Crippen LogP contribution in [0.15, 0.2) is 85.1 Å². The molecule has 7 heteroatoms. The van der Waals surface area contributed by atoms with E-state index >= 15 is 0 Å². The number of nitrogens with one attached hydrogen (secondary N) is 1. The molecule has 0 aliphatic carbocycles. The summed E-state index contributed by atoms with van der Waals surface area (Å²) in [6.07, 6.45) is 1.66. The summed E-state index contributed by atoms with van der Waals surface area (Å²) < 4.78 is 1.91. The minimum absolute atomic E-state index is 0.0337. The van der Waals surface area contributed by atoms with E-state index in [-0.39, 0.29) is 25.5 Å². The first kappa shape index (κ1) is 22.9. The molecule has 3 N–H and O–H groups in total. The Bertz CT molecular complexity index is 1260. The van der Waals surface area contributed by atoms with Crippen LogP contribution in [0.1, 0.15) is 27.9 Å². The van der Waals surface area contributed by atoms with E-state index in [0.717, 1.165) is 33.5 Å². The summed E-state index contributed by atoms with van der Waals surface area (Å²) in [5, 5.41) is 25.0. The van der Waals surface area contributed by atoms with E-state index in [1.54, 1.807) is 18.3 Å². The fraction of sp³-hybridized carbons (Fsp3) is 0.148. The SMILES string of the molecule is O=C(O)CCNC(=O)c1ccc(Cn2nccc2-c2ccc(-c3ccc(CO)cc3)cc2)cc1. The topological polar surface area (TPSA) is 104 Å². The summed E-state index contributed by atoms with van der Waals surface area (Å²) >= 11 is 0. The van der Waals surface area contributed by atoms with Crippen LogP contribution in [0.25, 0.3) is 22.4 Å². The third-order valence-electron chi connectivity index (χ3n) is 5.54. The van der Waals surface area contributed by atoms with E-state index in [2.05, 4.69) is 34.7 Å². The number of rotatable bonds is 9. The third kappa shape index (κ3) is 5.57. The molecule has 172 valence electrons. The molecule has 0 aliphatic heterocycles. The summed E-state index contributed by atoms with van der Waals surface area (Å²) in [6.45, 7) is 0.679. The minimum atomic E-state index is -0.947. The summed E-state index contributed by atoms with van der Waals surface area (Å²) in [7, 11) is 0. The standard InChI is InChI=1S/C27H25N3O4/c31-18-20-3-5-21(6-4-20)22-9-11-23(12-10-22)25-13-16-29-30(25)17-19-1-7-24(8-2-19)27(34)28-15-14-26(32)33/h1-13,16,31H,14-15,17-18H2,(H,28,34)(H,32,33). The molecular formula is C27H25N3O4. The van der Waals surface area contributed by atoms with Crippen LogP contribution < -0.4 is 5.32 Å². The van der Waals surface area contributed by atoms with Crippen LogP contribution in [0.3, 0.4) is 0 Å². The second-order valence-electron chi connectivity index (χ2n) is 7.90. The van der Waals surface area contributed by atoms with E-state index < -0.39 is 5.97 Å². The van der Waals surface area contributed by atoms with Gasteiger partial charge in [0.2, 0.25) is 0 Å². The van der Waals surface area contributed by atoms with Gasteiger partial charge in [0.25, 0.3) is 5.91 Å². The van der Waals surface area contributed by atoms with Crippen molar-refractivity contribution >= 4 is 11.9 Å². The first-order valence-electron chi connectivity index (χ1n) is 10.9. The Morgan fingerprint density at radius 3 is 2.00 bits per heavy atom. The van der Waals surface area contributed by atoms with Crippen LogP contribution in [-0.4, -0.2) is 38.4 Å². The largest absolute Gasteiger partial charge is 0.481 e. The predicted octanol–water partition coefficient (Wildman–Crippen LogP) is 3.96. The number of amides is 1. The van der Waals surface area contributed by atoms with Crippen LogP contribution in [-0.2, 0) is 17.9 Å². The highest BCUT2D eigenvalue weighted by Gasteiger charge is 2.09. The van der Waals surface area contributed by atoms with Crippen molar-refractivity contribution in [1.29, 1.82) is 0 Å². The van der Waals surface area contributed by atoms with E-state index in [1.807, 2.05) is 47.1 Å². The van der Waals surface area contributed by atoms with Crippen molar-refractivity contribution in [3.05, 3.63) is 102 Å². The molecule has 1 amide bonds. The van der Waals surface area contributed by atoms with Crippen molar-refractivity contribution < 1.29 is 19.8 Å². The molecule has 0 fully saturated rings. The van der Waals surface area contributed by atoms with Gasteiger partial charge in [-0.25, -0.2) is 0 Å². The lowest BCUT2D eigenvalue weighted by Crippen LogP contribution is -2.25. The van der Waals surface area contributed by atoms with Gasteiger partial charge in [0, 0.05) is 18.3 Å². The van der Waals surface area contributed by atoms with Crippen LogP contribution in [0, 0.1) is 0 Å². The molecular weight excluding hydrogens is 430 g/mol. The van der Waals surface area contributed by atoms with Gasteiger partial charge in [-0.3, -0.25) is 14.3 Å². The molecule has 1 heterocycles. The fourth-order valence-corrected chi connectivity index (χ4v) is 3.66. The van der Waals surface area contributed by atoms with Crippen molar-refractivity contribution in [1.82, 2.24) is 15.1 Å². The van der Waals surface area contributed by atoms with Crippen LogP contribution >= 0.6 is 0 Å². The monoisotopic (exact) mass is 455 g/mol. The summed E-state index contributed by atoms with van der Waals surface area (Å²) in [5.74, 6) is -1.24. The normalized spacial score (nSPS) is 10.7. The Kier molecular flexibility index (Phi) is 7.15. The number of nitrogens with zero attached hydrogens (tertiary/aromatic N) is 2. The molecule has 0 radical (unpaired) electrons. The van der Waals surface area contributed by atoms with Gasteiger partial charge in [-0.1, -0.05) is 60.7 Å². The molecule has 3 aromatic carbocycles. The molecule has 0 saturated carbocycles. The second kappa shape index (κ2) is 10.6. The Labute approximate surface area is 197 Å². The first-order valence-corrected chi connectivity index (χ1v) is 10.9. The lowest BCUT2D eigenvalue weighted by Gasteiger charge is -2.10. The van der Waals surface area contributed by atoms with Gasteiger partial charge in [0.05, 0.1) is 25.3 Å². The average molecular weight is 456 g/mol. The number of aliphatic hydroxyl groups excluding tert-OH is 1. The zero-order valence-electron chi connectivity index (χ0n) is 18.5. The number of hydrogen-bond donors (Lipinski definition) is 3. The molecule has 0 aliphatic rings. The summed E-state index contributed by atoms with van der Waals surface area (Å²) in [6, 6.07) is 25.3. The van der Waals surface area contributed by atoms with Gasteiger partial charge >= 0.3 is 5.97 Å². The predicted molar refractivity (Wildman–Crippen MR) is 129 cm³/mol. The Hall–Kier alpha value is -4.23. The van der Waals surface area contributed by atoms with Crippen molar-refractivity contribution in [2.24, 2.45) is 0 Å². The number of aliphatic carboxylic acids is 1. The molecule has 1 aromatic heterocycles. The fourth-order valence-electron chi connectivity index (χ4n) is 3.66. The van der Waals surface area contributed by atoms with Crippen molar-refractivity contribution in [3.8, 4) is 22.4 Å². The summed E-state index contributed by atoms with van der Waals surface area (Å²) in [5.41, 5.74) is 6.57. The maximum Gasteiger partial charge on any atom is 0.305 e. The molecule has 4 aromatic rings. The molecule has 4 rings (SSSR count). The number of carbonyl (C=O) groups excluding carboxylic acids is 1. The van der Waals surface area contributed by atoms with Gasteiger partial charge in [-0.05, 0) is 46.0 Å². The molecule has 7 nitrogen and oxygen atoms in total. The Morgan fingerprint density at radius 2 is 1.38 bits per heavy atom. The number of aromatic nitrogens is 2. The zero-order valence-corrected chi connectivity index (χ0v) is 18.5. The quantitative estimate of drug-likeness (QED) is 0.354. The molecule has 0 bridgehead atoms. The van der Waals surface area contributed by atoms with E-state index in [4.69, 9.17) is 5.11 Å². The number of benzene rings is 3. The average Bonchev–Trinajstić information content (AvgIpc) is 3.32. The smallest absolute Gasteiger partial charge is 0.305 e. The Morgan fingerprint density at radius 1 is 0.794 bits per heavy atom. The zero-order chi connectivity index (χ0) is 23.9. The van der Waals surface area contributed by atoms with Crippen LogP contribution in [0.4, 0.5) is 0 Å². The van der Waals surface area contributed by atoms with E-state index in [9.17, 15) is 14.7 Å². The highest BCUT2D eigenvalue weighted by molar-refractivity contribution is 5.94. The number of hydrogen-bond acceptors (Lipinski definition) is 4. The molecule has 0 unspecified atom stereocenters. The maximum absolute atomic E-state index is 12.1. The summed E-state index contributed by atoms with van der Waals surface area (Å²) in [4.78, 5) is 22.7. The highest BCUT2D eigenvalue weighted by atomic mass is 16.4. The number of carbonyl (C=O) groups is 2. The van der Waals surface area contributed by atoms with Crippen molar-refractivity contribution in [3.63, 3.8) is 0 Å². The van der Waals surface area contributed by atoms with E-state index in [0.29, 0.717) is 12.1 Å². The van der Waals surface area contributed by atoms with Crippen molar-refractivity contribution in [2.75, 3.05) is 6.54 Å². The van der Waals surface area contributed by atoms with Gasteiger partial charge in [-0.2, -0.15) is 5.10 Å². The van der Waals surface area contributed by atoms with Gasteiger partial charge < -0.3 is 15.5 Å². The second-order valence-corrected chi connectivity index (χ2v) is 7.90. The molecule has 0 spiro atoms. The van der Waals surface area contributed by atoms with Crippen LogP contribution in [0.2, 0.25) is 0 Å². The first-order chi connectivity index (χ1) is 16.5. The van der Waals surface area contributed by atoms with Gasteiger partial charge in [-0.15, -0.1) is 0 Å². The number of carboxylic acids is 1. The molecule has 0 saturated heterocycles. The molecule has 34 heavy (non-hydrogen) atoms. The van der Waals surface area contributed by atoms with Crippen molar-refractivity contribution in [2.45, 2.75) is 19.6 Å². The lowest BCUT2D eigenvalue weighted by atomic mass is 10.0.